The molecule has 13 heavy (non-hydrogen) atoms. The summed E-state index contributed by atoms with van der Waals surface area (Å²) in [6.45, 7) is 8.83. The normalized spacial score (nSPS) is 18.2. The maximum Gasteiger partial charge on any atom is 0.0568 e. The van der Waals surface area contributed by atoms with Crippen molar-refractivity contribution >= 4 is 0 Å². The molecule has 0 heterocycles. The highest BCUT2D eigenvalue weighted by molar-refractivity contribution is 4.69. The van der Waals surface area contributed by atoms with Crippen LogP contribution in [0.4, 0.5) is 0 Å². The number of aliphatic hydroxyl groups excluding tert-OH is 1. The zero-order valence-corrected chi connectivity index (χ0v) is 9.71. The SMILES string of the molecule is CCCC(O)C(CC)CC(C)CC. The summed E-state index contributed by atoms with van der Waals surface area (Å²) in [6.07, 6.45) is 5.53. The molecule has 3 unspecified atom stereocenters. The van der Waals surface area contributed by atoms with Crippen molar-refractivity contribution in [1.82, 2.24) is 0 Å². The fraction of sp³-hybridized carbons (Fsp3) is 1.00. The summed E-state index contributed by atoms with van der Waals surface area (Å²) in [5, 5.41) is 9.85. The molecule has 0 saturated heterocycles. The van der Waals surface area contributed by atoms with Crippen LogP contribution < -0.4 is 0 Å². The van der Waals surface area contributed by atoms with E-state index in [4.69, 9.17) is 0 Å². The summed E-state index contributed by atoms with van der Waals surface area (Å²) in [6, 6.07) is 0. The molecule has 3 atom stereocenters. The lowest BCUT2D eigenvalue weighted by Gasteiger charge is -2.23. The van der Waals surface area contributed by atoms with Crippen LogP contribution in [0.1, 0.15) is 59.8 Å². The van der Waals surface area contributed by atoms with Gasteiger partial charge in [-0.25, -0.2) is 0 Å². The van der Waals surface area contributed by atoms with Crippen LogP contribution in [0, 0.1) is 11.8 Å². The van der Waals surface area contributed by atoms with Gasteiger partial charge in [0.2, 0.25) is 0 Å². The van der Waals surface area contributed by atoms with E-state index in [2.05, 4.69) is 27.7 Å². The van der Waals surface area contributed by atoms with Gasteiger partial charge in [-0.3, -0.25) is 0 Å². The van der Waals surface area contributed by atoms with E-state index in [0.29, 0.717) is 5.92 Å². The van der Waals surface area contributed by atoms with Crippen molar-refractivity contribution in [3.8, 4) is 0 Å². The summed E-state index contributed by atoms with van der Waals surface area (Å²) >= 11 is 0. The van der Waals surface area contributed by atoms with Crippen LogP contribution in [0.3, 0.4) is 0 Å². The lowest BCUT2D eigenvalue weighted by Crippen LogP contribution is -2.21. The van der Waals surface area contributed by atoms with Crippen LogP contribution in [0.15, 0.2) is 0 Å². The molecule has 0 spiro atoms. The Hall–Kier alpha value is -0.0400. The average Bonchev–Trinajstić information content (AvgIpc) is 2.14. The monoisotopic (exact) mass is 186 g/mol. The molecular formula is C12H26O. The molecule has 0 rings (SSSR count). The molecule has 0 bridgehead atoms. The minimum atomic E-state index is -0.0657. The number of rotatable bonds is 7. The summed E-state index contributed by atoms with van der Waals surface area (Å²) in [5.41, 5.74) is 0. The molecule has 0 aliphatic rings. The van der Waals surface area contributed by atoms with Crippen molar-refractivity contribution in [3.05, 3.63) is 0 Å². The van der Waals surface area contributed by atoms with E-state index in [9.17, 15) is 5.11 Å². The summed E-state index contributed by atoms with van der Waals surface area (Å²) in [7, 11) is 0. The molecule has 80 valence electrons. The van der Waals surface area contributed by atoms with Gasteiger partial charge in [0.05, 0.1) is 6.10 Å². The second kappa shape index (κ2) is 7.37. The second-order valence-electron chi connectivity index (χ2n) is 4.27. The molecule has 0 radical (unpaired) electrons. The Balaban J connectivity index is 3.86. The van der Waals surface area contributed by atoms with Gasteiger partial charge in [0.25, 0.3) is 0 Å². The third-order valence-electron chi connectivity index (χ3n) is 3.06. The predicted molar refractivity (Wildman–Crippen MR) is 58.8 cm³/mol. The first-order chi connectivity index (χ1) is 6.15. The average molecular weight is 186 g/mol. The van der Waals surface area contributed by atoms with Crippen LogP contribution in [-0.4, -0.2) is 11.2 Å². The summed E-state index contributed by atoms with van der Waals surface area (Å²) in [4.78, 5) is 0. The van der Waals surface area contributed by atoms with Gasteiger partial charge in [-0.2, -0.15) is 0 Å². The largest absolute Gasteiger partial charge is 0.393 e. The Morgan fingerprint density at radius 3 is 2.08 bits per heavy atom. The summed E-state index contributed by atoms with van der Waals surface area (Å²) < 4.78 is 0. The van der Waals surface area contributed by atoms with Crippen molar-refractivity contribution in [2.75, 3.05) is 0 Å². The van der Waals surface area contributed by atoms with E-state index in [0.717, 1.165) is 25.2 Å². The standard InChI is InChI=1S/C12H26O/c1-5-8-12(13)11(7-3)9-10(4)6-2/h10-13H,5-9H2,1-4H3. The quantitative estimate of drug-likeness (QED) is 0.644. The van der Waals surface area contributed by atoms with Gasteiger partial charge in [-0.15, -0.1) is 0 Å². The number of hydrogen-bond acceptors (Lipinski definition) is 1. The van der Waals surface area contributed by atoms with Crippen LogP contribution >= 0.6 is 0 Å². The van der Waals surface area contributed by atoms with Gasteiger partial charge in [0.15, 0.2) is 0 Å². The maximum absolute atomic E-state index is 9.85. The van der Waals surface area contributed by atoms with E-state index >= 15 is 0 Å². The van der Waals surface area contributed by atoms with Crippen molar-refractivity contribution in [1.29, 1.82) is 0 Å². The maximum atomic E-state index is 9.85. The van der Waals surface area contributed by atoms with E-state index in [1.807, 2.05) is 0 Å². The Labute approximate surface area is 83.5 Å². The van der Waals surface area contributed by atoms with Gasteiger partial charge in [-0.05, 0) is 24.7 Å². The molecule has 0 amide bonds. The first-order valence-electron chi connectivity index (χ1n) is 5.83. The molecule has 0 aliphatic heterocycles. The van der Waals surface area contributed by atoms with Gasteiger partial charge in [-0.1, -0.05) is 47.0 Å². The van der Waals surface area contributed by atoms with Gasteiger partial charge in [0.1, 0.15) is 0 Å². The second-order valence-corrected chi connectivity index (χ2v) is 4.27. The third-order valence-corrected chi connectivity index (χ3v) is 3.06. The fourth-order valence-corrected chi connectivity index (χ4v) is 1.81. The third kappa shape index (κ3) is 5.30. The highest BCUT2D eigenvalue weighted by Gasteiger charge is 2.18. The molecule has 1 heteroatoms. The Bertz CT molecular complexity index is 112. The van der Waals surface area contributed by atoms with E-state index in [1.54, 1.807) is 0 Å². The van der Waals surface area contributed by atoms with E-state index in [1.165, 1.54) is 12.8 Å². The van der Waals surface area contributed by atoms with Crippen LogP contribution in [0.25, 0.3) is 0 Å². The minimum Gasteiger partial charge on any atom is -0.393 e. The molecule has 0 saturated carbocycles. The molecule has 0 fully saturated rings. The van der Waals surface area contributed by atoms with Crippen molar-refractivity contribution in [3.63, 3.8) is 0 Å². The van der Waals surface area contributed by atoms with Crippen LogP contribution in [-0.2, 0) is 0 Å². The highest BCUT2D eigenvalue weighted by Crippen LogP contribution is 2.23. The molecular weight excluding hydrogens is 160 g/mol. The number of hydrogen-bond donors (Lipinski definition) is 1. The first-order valence-corrected chi connectivity index (χ1v) is 5.83. The van der Waals surface area contributed by atoms with Gasteiger partial charge >= 0.3 is 0 Å². The molecule has 0 aromatic rings. The zero-order valence-electron chi connectivity index (χ0n) is 9.71. The molecule has 1 nitrogen and oxygen atoms in total. The van der Waals surface area contributed by atoms with Gasteiger partial charge < -0.3 is 5.11 Å². The highest BCUT2D eigenvalue weighted by atomic mass is 16.3. The lowest BCUT2D eigenvalue weighted by molar-refractivity contribution is 0.0820. The Morgan fingerprint density at radius 2 is 1.69 bits per heavy atom. The smallest absolute Gasteiger partial charge is 0.0568 e. The van der Waals surface area contributed by atoms with Crippen molar-refractivity contribution < 1.29 is 5.11 Å². The Morgan fingerprint density at radius 1 is 1.08 bits per heavy atom. The topological polar surface area (TPSA) is 20.2 Å². The minimum absolute atomic E-state index is 0.0657. The molecule has 0 aliphatic carbocycles. The molecule has 0 aromatic carbocycles. The molecule has 1 N–H and O–H groups in total. The number of aliphatic hydroxyl groups is 1. The predicted octanol–water partition coefficient (Wildman–Crippen LogP) is 3.61. The van der Waals surface area contributed by atoms with E-state index < -0.39 is 0 Å². The van der Waals surface area contributed by atoms with Crippen LogP contribution in [0.5, 0.6) is 0 Å². The Kier molecular flexibility index (Phi) is 7.35. The van der Waals surface area contributed by atoms with E-state index in [-0.39, 0.29) is 6.10 Å². The molecule has 0 aromatic heterocycles. The van der Waals surface area contributed by atoms with Crippen molar-refractivity contribution in [2.24, 2.45) is 11.8 Å². The van der Waals surface area contributed by atoms with Crippen LogP contribution in [0.2, 0.25) is 0 Å². The first kappa shape index (κ1) is 13.0. The van der Waals surface area contributed by atoms with Gasteiger partial charge in [0, 0.05) is 0 Å². The fourth-order valence-electron chi connectivity index (χ4n) is 1.81. The van der Waals surface area contributed by atoms with Crippen molar-refractivity contribution in [2.45, 2.75) is 65.9 Å². The lowest BCUT2D eigenvalue weighted by atomic mass is 9.86. The summed E-state index contributed by atoms with van der Waals surface area (Å²) in [5.74, 6) is 1.28. The zero-order chi connectivity index (χ0) is 10.3.